The van der Waals surface area contributed by atoms with E-state index in [0.29, 0.717) is 54.4 Å². The first kappa shape index (κ1) is 30.2. The molecular weight excluding hydrogens is 523 g/mol. The average molecular weight is 565 g/mol. The molecule has 0 unspecified atom stereocenters. The summed E-state index contributed by atoms with van der Waals surface area (Å²) in [5.41, 5.74) is 2.50. The van der Waals surface area contributed by atoms with Gasteiger partial charge in [-0.25, -0.2) is 4.39 Å². The lowest BCUT2D eigenvalue weighted by molar-refractivity contribution is -0.127. The van der Waals surface area contributed by atoms with Gasteiger partial charge in [0.25, 0.3) is 17.6 Å². The molecule has 0 radical (unpaired) electrons. The number of halogens is 1. The van der Waals surface area contributed by atoms with Crippen LogP contribution in [0.25, 0.3) is 10.9 Å². The Hall–Kier alpha value is -3.72. The maximum absolute atomic E-state index is 13.7. The summed E-state index contributed by atoms with van der Waals surface area (Å²) in [6.07, 6.45) is 4.22. The van der Waals surface area contributed by atoms with Gasteiger partial charge in [-0.3, -0.25) is 14.4 Å². The minimum absolute atomic E-state index is 0.151. The molecule has 2 aliphatic rings. The molecule has 2 amide bonds. The molecule has 2 aromatic carbocycles. The van der Waals surface area contributed by atoms with Gasteiger partial charge in [-0.15, -0.1) is 0 Å². The Balaban J connectivity index is 0.00000189. The first-order chi connectivity index (χ1) is 19.7. The minimum Gasteiger partial charge on any atom is -0.496 e. The van der Waals surface area contributed by atoms with Gasteiger partial charge in [0, 0.05) is 64.0 Å². The number of fused-ring (bicyclic) bond motifs is 1. The number of piperazine rings is 1. The molecule has 5 rings (SSSR count). The summed E-state index contributed by atoms with van der Waals surface area (Å²) >= 11 is 0. The number of likely N-dealkylation sites (tertiary alicyclic amines) is 1. The molecule has 0 atom stereocenters. The molecule has 2 aliphatic heterocycles. The van der Waals surface area contributed by atoms with Crippen LogP contribution in [0.15, 0.2) is 42.6 Å². The van der Waals surface area contributed by atoms with Crippen molar-refractivity contribution in [1.82, 2.24) is 19.3 Å². The van der Waals surface area contributed by atoms with E-state index in [1.165, 1.54) is 19.2 Å². The molecule has 0 spiro atoms. The fourth-order valence-corrected chi connectivity index (χ4v) is 5.66. The maximum Gasteiger partial charge on any atom is 0.295 e. The predicted molar refractivity (Wildman–Crippen MR) is 158 cm³/mol. The van der Waals surface area contributed by atoms with Crippen LogP contribution < -0.4 is 4.74 Å². The van der Waals surface area contributed by atoms with E-state index in [-0.39, 0.29) is 11.7 Å². The summed E-state index contributed by atoms with van der Waals surface area (Å²) < 4.78 is 20.6. The van der Waals surface area contributed by atoms with Crippen molar-refractivity contribution in [3.05, 3.63) is 65.1 Å². The second-order valence-corrected chi connectivity index (χ2v) is 10.7. The number of rotatable bonds is 6. The molecule has 3 aromatic rings. The highest BCUT2D eigenvalue weighted by Gasteiger charge is 2.30. The predicted octanol–water partition coefficient (Wildman–Crippen LogP) is 4.40. The number of hydrogen-bond donors (Lipinski definition) is 0. The Labute approximate surface area is 241 Å². The van der Waals surface area contributed by atoms with Crippen molar-refractivity contribution in [3.8, 4) is 5.75 Å². The first-order valence-corrected chi connectivity index (χ1v) is 14.5. The van der Waals surface area contributed by atoms with Gasteiger partial charge in [0.05, 0.1) is 23.8 Å². The van der Waals surface area contributed by atoms with Gasteiger partial charge in [0.15, 0.2) is 0 Å². The van der Waals surface area contributed by atoms with Gasteiger partial charge >= 0.3 is 0 Å². The molecule has 1 aromatic heterocycles. The van der Waals surface area contributed by atoms with Crippen LogP contribution in [-0.4, -0.2) is 90.3 Å². The minimum atomic E-state index is -0.560. The fraction of sp³-hybridized carbons (Fsp3) is 0.469. The Kier molecular flexibility index (Phi) is 9.81. The van der Waals surface area contributed by atoms with Crippen LogP contribution in [0.3, 0.4) is 0 Å². The molecule has 2 fully saturated rings. The summed E-state index contributed by atoms with van der Waals surface area (Å²) in [7, 11) is 5.33. The Bertz CT molecular complexity index is 1380. The zero-order chi connectivity index (χ0) is 29.7. The van der Waals surface area contributed by atoms with Crippen LogP contribution in [0.2, 0.25) is 0 Å². The number of carbonyl (C=O) groups is 3. The monoisotopic (exact) mass is 564 g/mol. The number of piperidine rings is 1. The SMILES string of the molecule is CC.COc1cc2c(cc1C(=O)N1CCC(Cc3ccc(F)cc3)CC1)c(C(=O)C(=O)N1CCN(C)CC1)cn2C. The number of aromatic nitrogens is 1. The van der Waals surface area contributed by atoms with E-state index in [4.69, 9.17) is 4.74 Å². The highest BCUT2D eigenvalue weighted by atomic mass is 19.1. The van der Waals surface area contributed by atoms with Crippen LogP contribution in [-0.2, 0) is 18.3 Å². The molecule has 0 saturated carbocycles. The van der Waals surface area contributed by atoms with Gasteiger partial charge in [0.2, 0.25) is 0 Å². The molecule has 0 bridgehead atoms. The Morgan fingerprint density at radius 2 is 1.51 bits per heavy atom. The molecular formula is C32H41FN4O4. The molecule has 220 valence electrons. The summed E-state index contributed by atoms with van der Waals surface area (Å²) in [4.78, 5) is 45.6. The van der Waals surface area contributed by atoms with Crippen LogP contribution in [0.4, 0.5) is 4.39 Å². The van der Waals surface area contributed by atoms with Crippen molar-refractivity contribution < 1.29 is 23.5 Å². The standard InChI is InChI=1S/C30H35FN4O4.C2H6/c1-32-12-14-35(15-13-32)30(38)28(36)25-19-33(2)26-18-27(39-3)24(17-23(25)26)29(37)34-10-8-21(9-11-34)16-20-4-6-22(31)7-5-20;1-2/h4-7,17-19,21H,8-16H2,1-3H3;1-2H3. The van der Waals surface area contributed by atoms with E-state index in [2.05, 4.69) is 4.90 Å². The average Bonchev–Trinajstić information content (AvgIpc) is 3.33. The quantitative estimate of drug-likeness (QED) is 0.328. The molecule has 41 heavy (non-hydrogen) atoms. The smallest absolute Gasteiger partial charge is 0.295 e. The lowest BCUT2D eigenvalue weighted by Gasteiger charge is -2.32. The summed E-state index contributed by atoms with van der Waals surface area (Å²) in [5, 5.41) is 0.570. The highest BCUT2D eigenvalue weighted by molar-refractivity contribution is 6.45. The summed E-state index contributed by atoms with van der Waals surface area (Å²) in [6.45, 7) is 7.69. The van der Waals surface area contributed by atoms with Gasteiger partial charge in [-0.1, -0.05) is 26.0 Å². The van der Waals surface area contributed by atoms with Gasteiger partial charge in [0.1, 0.15) is 11.6 Å². The Morgan fingerprint density at radius 1 is 0.878 bits per heavy atom. The van der Waals surface area contributed by atoms with Crippen molar-refractivity contribution in [2.24, 2.45) is 13.0 Å². The van der Waals surface area contributed by atoms with Crippen LogP contribution in [0.1, 0.15) is 53.0 Å². The number of aryl methyl sites for hydroxylation is 1. The molecule has 0 aliphatic carbocycles. The van der Waals surface area contributed by atoms with Gasteiger partial charge < -0.3 is 24.0 Å². The normalized spacial score (nSPS) is 16.3. The summed E-state index contributed by atoms with van der Waals surface area (Å²) in [5.74, 6) is -0.606. The first-order valence-electron chi connectivity index (χ1n) is 14.5. The zero-order valence-electron chi connectivity index (χ0n) is 24.8. The third kappa shape index (κ3) is 6.62. The van der Waals surface area contributed by atoms with Crippen molar-refractivity contribution in [2.45, 2.75) is 33.1 Å². The van der Waals surface area contributed by atoms with Crippen LogP contribution in [0, 0.1) is 11.7 Å². The number of methoxy groups -OCH3 is 1. The number of ketones is 1. The van der Waals surface area contributed by atoms with Crippen molar-refractivity contribution in [2.75, 3.05) is 53.4 Å². The zero-order valence-corrected chi connectivity index (χ0v) is 24.8. The number of carbonyl (C=O) groups excluding carboxylic acids is 3. The molecule has 3 heterocycles. The molecule has 2 saturated heterocycles. The second kappa shape index (κ2) is 13.3. The van der Waals surface area contributed by atoms with Crippen LogP contribution >= 0.6 is 0 Å². The van der Waals surface area contributed by atoms with E-state index < -0.39 is 11.7 Å². The maximum atomic E-state index is 13.7. The lowest BCUT2D eigenvalue weighted by atomic mass is 9.90. The number of benzene rings is 2. The third-order valence-corrected chi connectivity index (χ3v) is 8.11. The number of likely N-dealkylation sites (N-methyl/N-ethyl adjacent to an activating group) is 1. The molecule has 0 N–H and O–H groups in total. The van der Waals surface area contributed by atoms with Crippen molar-refractivity contribution in [3.63, 3.8) is 0 Å². The van der Waals surface area contributed by atoms with E-state index in [9.17, 15) is 18.8 Å². The molecule has 9 heteroatoms. The number of amides is 2. The highest BCUT2D eigenvalue weighted by Crippen LogP contribution is 2.32. The lowest BCUT2D eigenvalue weighted by Crippen LogP contribution is -2.49. The number of Topliss-reactive ketones (excluding diaryl/α,β-unsaturated/α-hetero) is 1. The van der Waals surface area contributed by atoms with Gasteiger partial charge in [-0.2, -0.15) is 0 Å². The van der Waals surface area contributed by atoms with Gasteiger partial charge in [-0.05, 0) is 56.0 Å². The number of nitrogens with zero attached hydrogens (tertiary/aromatic N) is 4. The largest absolute Gasteiger partial charge is 0.496 e. The fourth-order valence-electron chi connectivity index (χ4n) is 5.66. The Morgan fingerprint density at radius 3 is 2.12 bits per heavy atom. The number of ether oxygens (including phenoxy) is 1. The van der Waals surface area contributed by atoms with Crippen molar-refractivity contribution >= 4 is 28.5 Å². The second-order valence-electron chi connectivity index (χ2n) is 10.7. The van der Waals surface area contributed by atoms with E-state index in [1.807, 2.05) is 45.0 Å². The van der Waals surface area contributed by atoms with Crippen LogP contribution in [0.5, 0.6) is 5.75 Å². The topological polar surface area (TPSA) is 75.1 Å². The van der Waals surface area contributed by atoms with E-state index >= 15 is 0 Å². The third-order valence-electron chi connectivity index (χ3n) is 8.11. The number of hydrogen-bond acceptors (Lipinski definition) is 5. The van der Waals surface area contributed by atoms with E-state index in [1.54, 1.807) is 27.8 Å². The summed E-state index contributed by atoms with van der Waals surface area (Å²) in [6, 6.07) is 10.1. The van der Waals surface area contributed by atoms with E-state index in [0.717, 1.165) is 43.4 Å². The van der Waals surface area contributed by atoms with Crippen molar-refractivity contribution in [1.29, 1.82) is 0 Å². The molecule has 8 nitrogen and oxygen atoms in total.